The van der Waals surface area contributed by atoms with E-state index in [1.807, 2.05) is 0 Å². The molecule has 0 amide bonds. The Balaban J connectivity index is 3.78. The van der Waals surface area contributed by atoms with Crippen molar-refractivity contribution < 1.29 is 23.1 Å². The summed E-state index contributed by atoms with van der Waals surface area (Å²) in [4.78, 5) is 10.6. The number of aliphatic hydroxyl groups is 1. The van der Waals surface area contributed by atoms with E-state index in [9.17, 15) is 13.2 Å². The van der Waals surface area contributed by atoms with Crippen LogP contribution in [0, 0.1) is 0 Å². The highest BCUT2D eigenvalue weighted by Crippen LogP contribution is 1.92. The number of ether oxygens (including phenoxy) is 1. The number of rotatable bonds is 7. The van der Waals surface area contributed by atoms with Crippen molar-refractivity contribution in [3.8, 4) is 0 Å². The summed E-state index contributed by atoms with van der Waals surface area (Å²) in [6.07, 6.45) is 0.197. The van der Waals surface area contributed by atoms with Gasteiger partial charge in [-0.3, -0.25) is 4.79 Å². The topological polar surface area (TPSA) is 92.7 Å². The van der Waals surface area contributed by atoms with Crippen LogP contribution in [0.4, 0.5) is 0 Å². The molecule has 0 rings (SSSR count). The molecule has 0 aliphatic heterocycles. The average molecular weight is 225 g/mol. The third kappa shape index (κ3) is 6.81. The smallest absolute Gasteiger partial charge is 0.306 e. The van der Waals surface area contributed by atoms with E-state index >= 15 is 0 Å². The molecule has 0 bridgehead atoms. The molecule has 0 atom stereocenters. The van der Waals surface area contributed by atoms with Crippen molar-refractivity contribution in [1.29, 1.82) is 0 Å². The van der Waals surface area contributed by atoms with E-state index in [-0.39, 0.29) is 25.3 Å². The maximum absolute atomic E-state index is 11.1. The lowest BCUT2D eigenvalue weighted by Gasteiger charge is -2.04. The summed E-state index contributed by atoms with van der Waals surface area (Å²) in [5.41, 5.74) is 0. The van der Waals surface area contributed by atoms with Gasteiger partial charge in [-0.15, -0.1) is 0 Å². The highest BCUT2D eigenvalue weighted by Gasteiger charge is 2.12. The lowest BCUT2D eigenvalue weighted by Crippen LogP contribution is -2.29. The Hall–Kier alpha value is -0.660. The fourth-order valence-corrected chi connectivity index (χ4v) is 1.73. The van der Waals surface area contributed by atoms with Crippen LogP contribution in [0.15, 0.2) is 0 Å². The van der Waals surface area contributed by atoms with Gasteiger partial charge in [0, 0.05) is 13.2 Å². The average Bonchev–Trinajstić information content (AvgIpc) is 2.14. The predicted octanol–water partition coefficient (Wildman–Crippen LogP) is -1.15. The molecule has 0 saturated heterocycles. The number of esters is 1. The fourth-order valence-electron chi connectivity index (χ4n) is 0.699. The van der Waals surface area contributed by atoms with Gasteiger partial charge in [-0.25, -0.2) is 13.1 Å². The van der Waals surface area contributed by atoms with Gasteiger partial charge >= 0.3 is 5.97 Å². The highest BCUT2D eigenvalue weighted by molar-refractivity contribution is 7.89. The summed E-state index contributed by atoms with van der Waals surface area (Å²) in [5, 5.41) is 8.41. The summed E-state index contributed by atoms with van der Waals surface area (Å²) >= 11 is 0. The Morgan fingerprint density at radius 3 is 2.64 bits per heavy atom. The molecule has 0 spiro atoms. The lowest BCUT2D eigenvalue weighted by molar-refractivity contribution is -0.140. The SMILES string of the molecule is COC(=O)CCS(=O)(=O)NCCCO. The Labute approximate surface area is 83.3 Å². The predicted molar refractivity (Wildman–Crippen MR) is 50.1 cm³/mol. The van der Waals surface area contributed by atoms with E-state index in [1.165, 1.54) is 7.11 Å². The monoisotopic (exact) mass is 225 g/mol. The quantitative estimate of drug-likeness (QED) is 0.421. The van der Waals surface area contributed by atoms with Gasteiger partial charge in [-0.05, 0) is 6.42 Å². The number of carbonyl (C=O) groups excluding carboxylic acids is 1. The summed E-state index contributed by atoms with van der Waals surface area (Å²) in [5.74, 6) is -0.844. The van der Waals surface area contributed by atoms with Crippen molar-refractivity contribution >= 4 is 16.0 Å². The number of aliphatic hydroxyl groups excluding tert-OH is 1. The van der Waals surface area contributed by atoms with Crippen LogP contribution in [0.2, 0.25) is 0 Å². The van der Waals surface area contributed by atoms with Crippen molar-refractivity contribution in [2.75, 3.05) is 26.0 Å². The molecule has 0 aliphatic carbocycles. The first kappa shape index (κ1) is 13.3. The van der Waals surface area contributed by atoms with Gasteiger partial charge in [0.1, 0.15) is 0 Å². The highest BCUT2D eigenvalue weighted by atomic mass is 32.2. The van der Waals surface area contributed by atoms with E-state index in [1.54, 1.807) is 0 Å². The van der Waals surface area contributed by atoms with Gasteiger partial charge in [0.05, 0.1) is 19.3 Å². The molecular formula is C7H15NO5S. The van der Waals surface area contributed by atoms with Crippen LogP contribution in [0.5, 0.6) is 0 Å². The standard InChI is InChI=1S/C7H15NO5S/c1-13-7(10)3-6-14(11,12)8-4-2-5-9/h8-9H,2-6H2,1H3. The van der Waals surface area contributed by atoms with Crippen LogP contribution in [0.3, 0.4) is 0 Å². The van der Waals surface area contributed by atoms with Crippen molar-refractivity contribution in [2.24, 2.45) is 0 Å². The Kier molecular flexibility index (Phi) is 6.43. The van der Waals surface area contributed by atoms with Crippen molar-refractivity contribution in [3.05, 3.63) is 0 Å². The van der Waals surface area contributed by atoms with Crippen LogP contribution in [-0.4, -0.2) is 45.5 Å². The van der Waals surface area contributed by atoms with E-state index in [0.29, 0.717) is 6.42 Å². The fraction of sp³-hybridized carbons (Fsp3) is 0.857. The molecule has 0 radical (unpaired) electrons. The number of sulfonamides is 1. The summed E-state index contributed by atoms with van der Waals surface area (Å²) in [6, 6.07) is 0. The number of hydrogen-bond acceptors (Lipinski definition) is 5. The maximum atomic E-state index is 11.1. The van der Waals surface area contributed by atoms with Gasteiger partial charge < -0.3 is 9.84 Å². The molecule has 0 heterocycles. The summed E-state index contributed by atoms with van der Waals surface area (Å²) in [6.45, 7) is 0.111. The first-order valence-corrected chi connectivity index (χ1v) is 5.82. The van der Waals surface area contributed by atoms with E-state index < -0.39 is 16.0 Å². The van der Waals surface area contributed by atoms with Crippen LogP contribution < -0.4 is 4.72 Å². The Morgan fingerprint density at radius 1 is 1.50 bits per heavy atom. The molecule has 7 heteroatoms. The normalized spacial score (nSPS) is 11.3. The molecule has 0 aliphatic rings. The van der Waals surface area contributed by atoms with Crippen LogP contribution >= 0.6 is 0 Å². The zero-order valence-corrected chi connectivity index (χ0v) is 8.84. The second-order valence-electron chi connectivity index (χ2n) is 2.62. The zero-order valence-electron chi connectivity index (χ0n) is 8.02. The zero-order chi connectivity index (χ0) is 11.0. The van der Waals surface area contributed by atoms with Gasteiger partial charge in [0.15, 0.2) is 0 Å². The van der Waals surface area contributed by atoms with Crippen LogP contribution in [-0.2, 0) is 19.6 Å². The lowest BCUT2D eigenvalue weighted by atomic mass is 10.5. The number of hydrogen-bond donors (Lipinski definition) is 2. The molecule has 2 N–H and O–H groups in total. The largest absolute Gasteiger partial charge is 0.469 e. The van der Waals surface area contributed by atoms with Gasteiger partial charge in [-0.1, -0.05) is 0 Å². The number of nitrogens with one attached hydrogen (secondary N) is 1. The summed E-state index contributed by atoms with van der Waals surface area (Å²) < 4.78 is 28.8. The van der Waals surface area contributed by atoms with Gasteiger partial charge in [-0.2, -0.15) is 0 Å². The molecule has 0 unspecified atom stereocenters. The molecule has 84 valence electrons. The second kappa shape index (κ2) is 6.74. The minimum absolute atomic E-state index is 0.0699. The molecule has 6 nitrogen and oxygen atoms in total. The minimum atomic E-state index is -3.42. The maximum Gasteiger partial charge on any atom is 0.306 e. The van der Waals surface area contributed by atoms with E-state index in [0.717, 1.165) is 0 Å². The first-order chi connectivity index (χ1) is 6.52. The third-order valence-corrected chi connectivity index (χ3v) is 2.84. The molecule has 0 aromatic carbocycles. The van der Waals surface area contributed by atoms with Crippen LogP contribution in [0.25, 0.3) is 0 Å². The number of carbonyl (C=O) groups is 1. The van der Waals surface area contributed by atoms with Crippen LogP contribution in [0.1, 0.15) is 12.8 Å². The first-order valence-electron chi connectivity index (χ1n) is 4.17. The minimum Gasteiger partial charge on any atom is -0.469 e. The molecule has 0 fully saturated rings. The molecule has 0 aromatic heterocycles. The van der Waals surface area contributed by atoms with E-state index in [4.69, 9.17) is 5.11 Å². The molecule has 0 saturated carbocycles. The Bertz CT molecular complexity index is 261. The van der Waals surface area contributed by atoms with Crippen molar-refractivity contribution in [3.63, 3.8) is 0 Å². The summed E-state index contributed by atoms with van der Waals surface area (Å²) in [7, 11) is -2.22. The van der Waals surface area contributed by atoms with Gasteiger partial charge in [0.2, 0.25) is 10.0 Å². The Morgan fingerprint density at radius 2 is 2.14 bits per heavy atom. The van der Waals surface area contributed by atoms with Crippen molar-refractivity contribution in [2.45, 2.75) is 12.8 Å². The second-order valence-corrected chi connectivity index (χ2v) is 4.54. The molecular weight excluding hydrogens is 210 g/mol. The molecule has 0 aromatic rings. The van der Waals surface area contributed by atoms with Gasteiger partial charge in [0.25, 0.3) is 0 Å². The van der Waals surface area contributed by atoms with Crippen molar-refractivity contribution in [1.82, 2.24) is 4.72 Å². The number of methoxy groups -OCH3 is 1. The molecule has 14 heavy (non-hydrogen) atoms. The third-order valence-electron chi connectivity index (χ3n) is 1.46. The van der Waals surface area contributed by atoms with E-state index in [2.05, 4.69) is 9.46 Å².